The summed E-state index contributed by atoms with van der Waals surface area (Å²) in [6.07, 6.45) is 0. The molecule has 0 atom stereocenters. The molecule has 1 N–H and O–H groups in total. The molecule has 0 aliphatic carbocycles. The molecule has 0 saturated heterocycles. The monoisotopic (exact) mass is 346 g/mol. The number of fused-ring (bicyclic) bond motifs is 1. The van der Waals surface area contributed by atoms with Crippen LogP contribution < -0.4 is 9.47 Å². The van der Waals surface area contributed by atoms with Gasteiger partial charge in [-0.1, -0.05) is 22.0 Å². The number of halogens is 1. The number of ether oxygens (including phenoxy) is 2. The van der Waals surface area contributed by atoms with Gasteiger partial charge in [-0.25, -0.2) is 4.98 Å². The normalized spacial score (nSPS) is 10.9. The quantitative estimate of drug-likeness (QED) is 0.768. The van der Waals surface area contributed by atoms with Crippen LogP contribution in [0.2, 0.25) is 0 Å². The van der Waals surface area contributed by atoms with E-state index in [2.05, 4.69) is 27.0 Å². The van der Waals surface area contributed by atoms with E-state index in [1.165, 1.54) is 0 Å². The molecule has 0 aliphatic rings. The van der Waals surface area contributed by atoms with Crippen molar-refractivity contribution in [3.8, 4) is 22.9 Å². The van der Waals surface area contributed by atoms with Gasteiger partial charge in [0.15, 0.2) is 11.5 Å². The maximum absolute atomic E-state index is 5.48. The van der Waals surface area contributed by atoms with Crippen molar-refractivity contribution in [2.45, 2.75) is 6.92 Å². The maximum atomic E-state index is 5.48. The molecule has 3 aromatic rings. The predicted molar refractivity (Wildman–Crippen MR) is 87.1 cm³/mol. The molecule has 0 bridgehead atoms. The SMILES string of the molecule is COc1cccc(-c2nc3c(C)cc(Br)cc3[nH]2)c1OC. The summed E-state index contributed by atoms with van der Waals surface area (Å²) in [6.45, 7) is 2.04. The van der Waals surface area contributed by atoms with E-state index in [0.717, 1.165) is 32.5 Å². The van der Waals surface area contributed by atoms with E-state index in [9.17, 15) is 0 Å². The molecule has 4 nitrogen and oxygen atoms in total. The van der Waals surface area contributed by atoms with Crippen molar-refractivity contribution in [2.24, 2.45) is 0 Å². The summed E-state index contributed by atoms with van der Waals surface area (Å²) < 4.78 is 11.8. The molecule has 2 aromatic carbocycles. The van der Waals surface area contributed by atoms with Gasteiger partial charge < -0.3 is 14.5 Å². The van der Waals surface area contributed by atoms with Gasteiger partial charge in [-0.05, 0) is 36.8 Å². The van der Waals surface area contributed by atoms with Crippen LogP contribution >= 0.6 is 15.9 Å². The second-order valence-corrected chi connectivity index (χ2v) is 5.66. The Bertz CT molecular complexity index is 811. The van der Waals surface area contributed by atoms with E-state index in [1.807, 2.05) is 31.2 Å². The number of aromatic nitrogens is 2. The highest BCUT2D eigenvalue weighted by atomic mass is 79.9. The highest BCUT2D eigenvalue weighted by molar-refractivity contribution is 9.10. The lowest BCUT2D eigenvalue weighted by molar-refractivity contribution is 0.356. The van der Waals surface area contributed by atoms with E-state index in [0.29, 0.717) is 11.5 Å². The summed E-state index contributed by atoms with van der Waals surface area (Å²) in [5, 5.41) is 0. The number of para-hydroxylation sites is 1. The molecular weight excluding hydrogens is 332 g/mol. The molecule has 0 saturated carbocycles. The van der Waals surface area contributed by atoms with Gasteiger partial charge in [-0.15, -0.1) is 0 Å². The fraction of sp³-hybridized carbons (Fsp3) is 0.188. The summed E-state index contributed by atoms with van der Waals surface area (Å²) in [4.78, 5) is 8.04. The first-order chi connectivity index (χ1) is 10.1. The number of methoxy groups -OCH3 is 2. The number of aromatic amines is 1. The Morgan fingerprint density at radius 1 is 1.14 bits per heavy atom. The Balaban J connectivity index is 2.23. The second kappa shape index (κ2) is 5.41. The van der Waals surface area contributed by atoms with Crippen molar-refractivity contribution in [1.82, 2.24) is 9.97 Å². The van der Waals surface area contributed by atoms with Gasteiger partial charge in [0.25, 0.3) is 0 Å². The number of hydrogen-bond donors (Lipinski definition) is 1. The molecular formula is C16H15BrN2O2. The summed E-state index contributed by atoms with van der Waals surface area (Å²) in [5.74, 6) is 2.13. The minimum Gasteiger partial charge on any atom is -0.493 e. The van der Waals surface area contributed by atoms with Gasteiger partial charge in [0.05, 0.1) is 30.8 Å². The first kappa shape index (κ1) is 13.9. The van der Waals surface area contributed by atoms with Gasteiger partial charge in [0.1, 0.15) is 5.82 Å². The first-order valence-corrected chi connectivity index (χ1v) is 7.30. The highest BCUT2D eigenvalue weighted by Crippen LogP contribution is 2.37. The van der Waals surface area contributed by atoms with E-state index < -0.39 is 0 Å². The van der Waals surface area contributed by atoms with Gasteiger partial charge in [-0.2, -0.15) is 0 Å². The molecule has 0 spiro atoms. The van der Waals surface area contributed by atoms with E-state index in [-0.39, 0.29) is 0 Å². The standard InChI is InChI=1S/C16H15BrN2O2/c1-9-7-10(17)8-12-14(9)19-16(18-12)11-5-4-6-13(20-2)15(11)21-3/h4-8H,1-3H3,(H,18,19). The molecule has 1 aromatic heterocycles. The van der Waals surface area contributed by atoms with Crippen LogP contribution in [0.1, 0.15) is 5.56 Å². The highest BCUT2D eigenvalue weighted by Gasteiger charge is 2.15. The van der Waals surface area contributed by atoms with Crippen molar-refractivity contribution in [2.75, 3.05) is 14.2 Å². The Morgan fingerprint density at radius 3 is 2.67 bits per heavy atom. The van der Waals surface area contributed by atoms with Crippen LogP contribution in [0.15, 0.2) is 34.8 Å². The van der Waals surface area contributed by atoms with Gasteiger partial charge in [-0.3, -0.25) is 0 Å². The van der Waals surface area contributed by atoms with Crippen molar-refractivity contribution in [3.05, 3.63) is 40.4 Å². The largest absolute Gasteiger partial charge is 0.493 e. The third-order valence-corrected chi connectivity index (χ3v) is 3.86. The van der Waals surface area contributed by atoms with Crippen molar-refractivity contribution < 1.29 is 9.47 Å². The third-order valence-electron chi connectivity index (χ3n) is 3.40. The fourth-order valence-electron chi connectivity index (χ4n) is 2.45. The van der Waals surface area contributed by atoms with Crippen LogP contribution in [-0.2, 0) is 0 Å². The predicted octanol–water partition coefficient (Wildman–Crippen LogP) is 4.32. The average molecular weight is 347 g/mol. The van der Waals surface area contributed by atoms with Crippen molar-refractivity contribution in [3.63, 3.8) is 0 Å². The summed E-state index contributed by atoms with van der Waals surface area (Å²) in [5.41, 5.74) is 3.94. The summed E-state index contributed by atoms with van der Waals surface area (Å²) in [6, 6.07) is 9.82. The zero-order valence-corrected chi connectivity index (χ0v) is 13.6. The molecule has 1 heterocycles. The number of hydrogen-bond acceptors (Lipinski definition) is 3. The van der Waals surface area contributed by atoms with Crippen LogP contribution in [0.3, 0.4) is 0 Å². The number of nitrogens with one attached hydrogen (secondary N) is 1. The maximum Gasteiger partial charge on any atom is 0.171 e. The summed E-state index contributed by atoms with van der Waals surface area (Å²) >= 11 is 3.51. The first-order valence-electron chi connectivity index (χ1n) is 6.51. The molecule has 5 heteroatoms. The number of rotatable bonds is 3. The second-order valence-electron chi connectivity index (χ2n) is 4.75. The van der Waals surface area contributed by atoms with Gasteiger partial charge in [0, 0.05) is 4.47 Å². The van der Waals surface area contributed by atoms with Crippen LogP contribution in [0.25, 0.3) is 22.4 Å². The molecule has 0 unspecified atom stereocenters. The van der Waals surface area contributed by atoms with Gasteiger partial charge in [0.2, 0.25) is 0 Å². The average Bonchev–Trinajstić information content (AvgIpc) is 2.90. The van der Waals surface area contributed by atoms with Crippen LogP contribution in [0.4, 0.5) is 0 Å². The lowest BCUT2D eigenvalue weighted by Gasteiger charge is -2.10. The molecule has 21 heavy (non-hydrogen) atoms. The minimum absolute atomic E-state index is 0.677. The van der Waals surface area contributed by atoms with Crippen LogP contribution in [0.5, 0.6) is 11.5 Å². The number of H-pyrrole nitrogens is 1. The minimum atomic E-state index is 0.677. The van der Waals surface area contributed by atoms with Gasteiger partial charge >= 0.3 is 0 Å². The lowest BCUT2D eigenvalue weighted by atomic mass is 10.1. The molecule has 0 aliphatic heterocycles. The van der Waals surface area contributed by atoms with Crippen molar-refractivity contribution in [1.29, 1.82) is 0 Å². The van der Waals surface area contributed by atoms with Crippen LogP contribution in [0, 0.1) is 6.92 Å². The molecule has 0 amide bonds. The lowest BCUT2D eigenvalue weighted by Crippen LogP contribution is -1.93. The number of nitrogens with zero attached hydrogens (tertiary/aromatic N) is 1. The van der Waals surface area contributed by atoms with E-state index in [1.54, 1.807) is 14.2 Å². The third kappa shape index (κ3) is 2.38. The Hall–Kier alpha value is -2.01. The number of benzene rings is 2. The molecule has 3 rings (SSSR count). The van der Waals surface area contributed by atoms with Crippen LogP contribution in [-0.4, -0.2) is 24.2 Å². The summed E-state index contributed by atoms with van der Waals surface area (Å²) in [7, 11) is 3.26. The fourth-order valence-corrected chi connectivity index (χ4v) is 3.02. The van der Waals surface area contributed by atoms with E-state index in [4.69, 9.17) is 14.5 Å². The molecule has 0 radical (unpaired) electrons. The Labute approximate surface area is 131 Å². The Kier molecular flexibility index (Phi) is 3.59. The molecule has 0 fully saturated rings. The topological polar surface area (TPSA) is 47.1 Å². The zero-order valence-electron chi connectivity index (χ0n) is 12.0. The smallest absolute Gasteiger partial charge is 0.171 e. The zero-order chi connectivity index (χ0) is 15.0. The molecule has 108 valence electrons. The Morgan fingerprint density at radius 2 is 1.95 bits per heavy atom. The number of aryl methyl sites for hydroxylation is 1. The van der Waals surface area contributed by atoms with Crippen molar-refractivity contribution >= 4 is 27.0 Å². The van der Waals surface area contributed by atoms with E-state index >= 15 is 0 Å². The number of imidazole rings is 1.